The number of nitrogens with one attached hydrogen (secondary N) is 1. The number of para-hydroxylation sites is 2. The number of benzene rings is 2. The quantitative estimate of drug-likeness (QED) is 0.506. The molecule has 3 aliphatic rings. The smallest absolute Gasteiger partial charge is 0.220 e. The van der Waals surface area contributed by atoms with Gasteiger partial charge in [-0.2, -0.15) is 0 Å². The predicted molar refractivity (Wildman–Crippen MR) is 139 cm³/mol. The van der Waals surface area contributed by atoms with Crippen molar-refractivity contribution < 1.29 is 9.53 Å². The summed E-state index contributed by atoms with van der Waals surface area (Å²) in [6, 6.07) is 18.5. The first-order valence-corrected chi connectivity index (χ1v) is 13.3. The monoisotopic (exact) mass is 472 g/mol. The number of imidazole rings is 1. The maximum absolute atomic E-state index is 12.5. The van der Waals surface area contributed by atoms with Crippen molar-refractivity contribution in [2.24, 2.45) is 5.92 Å². The Bertz CT molecular complexity index is 1200. The van der Waals surface area contributed by atoms with E-state index >= 15 is 0 Å². The number of amides is 1. The molecule has 6 nitrogen and oxygen atoms in total. The molecule has 0 spiro atoms. The maximum Gasteiger partial charge on any atom is 0.220 e. The van der Waals surface area contributed by atoms with Crippen molar-refractivity contribution in [2.45, 2.75) is 76.5 Å². The summed E-state index contributed by atoms with van der Waals surface area (Å²) in [5, 5.41) is 3.29. The average molecular weight is 473 g/mol. The fraction of sp³-hybridized carbons (Fsp3) is 0.517. The SMILES string of the molecule is CC[C@H](NC(=O)CC1CC1)c1cccc(N2[C@@H]3COC[C@H]2CC(n2c(C)nc4ccccc42)C3)c1. The summed E-state index contributed by atoms with van der Waals surface area (Å²) in [5.41, 5.74) is 4.76. The van der Waals surface area contributed by atoms with E-state index in [1.807, 2.05) is 0 Å². The van der Waals surface area contributed by atoms with E-state index in [0.717, 1.165) is 43.8 Å². The average Bonchev–Trinajstić information content (AvgIpc) is 3.60. The number of aromatic nitrogens is 2. The van der Waals surface area contributed by atoms with Gasteiger partial charge in [0.05, 0.1) is 42.4 Å². The van der Waals surface area contributed by atoms with E-state index in [9.17, 15) is 4.79 Å². The molecule has 3 heterocycles. The second-order valence-electron chi connectivity index (χ2n) is 10.7. The predicted octanol–water partition coefficient (Wildman–Crippen LogP) is 5.32. The molecule has 2 bridgehead atoms. The number of carbonyl (C=O) groups excluding carboxylic acids is 1. The molecule has 2 aliphatic heterocycles. The number of piperidine rings is 1. The van der Waals surface area contributed by atoms with Gasteiger partial charge in [0.25, 0.3) is 0 Å². The van der Waals surface area contributed by atoms with Crippen LogP contribution in [0.15, 0.2) is 48.5 Å². The van der Waals surface area contributed by atoms with Crippen LogP contribution in [0, 0.1) is 12.8 Å². The number of hydrogen-bond acceptors (Lipinski definition) is 4. The van der Waals surface area contributed by atoms with Gasteiger partial charge >= 0.3 is 0 Å². The fourth-order valence-electron chi connectivity index (χ4n) is 6.31. The van der Waals surface area contributed by atoms with Crippen molar-refractivity contribution in [1.82, 2.24) is 14.9 Å². The summed E-state index contributed by atoms with van der Waals surface area (Å²) >= 11 is 0. The standard InChI is InChI=1S/C29H36N4O2/c1-3-26(31-29(34)13-20-11-12-20)21-7-6-8-22(14-21)33-24-15-23(16-25(33)18-35-17-24)32-19(2)30-27-9-4-5-10-28(27)32/h4-10,14,20,23-26H,3,11-13,15-18H2,1-2H3,(H,31,34)/t23?,24-,25+,26-/m0/s1. The van der Waals surface area contributed by atoms with Gasteiger partial charge in [-0.15, -0.1) is 0 Å². The fourth-order valence-corrected chi connectivity index (χ4v) is 6.31. The van der Waals surface area contributed by atoms with Crippen LogP contribution in [-0.4, -0.2) is 40.8 Å². The topological polar surface area (TPSA) is 59.4 Å². The highest BCUT2D eigenvalue weighted by atomic mass is 16.5. The number of morpholine rings is 1. The van der Waals surface area contributed by atoms with Gasteiger partial charge < -0.3 is 19.5 Å². The molecular weight excluding hydrogens is 436 g/mol. The lowest BCUT2D eigenvalue weighted by atomic mass is 9.88. The zero-order chi connectivity index (χ0) is 23.9. The number of aryl methyl sites for hydroxylation is 1. The molecule has 1 amide bonds. The Morgan fingerprint density at radius 2 is 1.86 bits per heavy atom. The molecule has 1 aromatic heterocycles. The van der Waals surface area contributed by atoms with E-state index in [1.54, 1.807) is 0 Å². The van der Waals surface area contributed by atoms with Crippen LogP contribution in [0.25, 0.3) is 11.0 Å². The van der Waals surface area contributed by atoms with Gasteiger partial charge in [0.2, 0.25) is 5.91 Å². The van der Waals surface area contributed by atoms with Crippen LogP contribution in [0.3, 0.4) is 0 Å². The lowest BCUT2D eigenvalue weighted by molar-refractivity contribution is -0.122. The van der Waals surface area contributed by atoms with Crippen LogP contribution in [0.1, 0.15) is 68.9 Å². The summed E-state index contributed by atoms with van der Waals surface area (Å²) in [6.45, 7) is 5.78. The van der Waals surface area contributed by atoms with Crippen molar-refractivity contribution in [3.8, 4) is 0 Å². The first kappa shape index (κ1) is 22.6. The third-order valence-corrected chi connectivity index (χ3v) is 8.12. The Kier molecular flexibility index (Phi) is 6.01. The molecule has 1 saturated carbocycles. The second kappa shape index (κ2) is 9.30. The summed E-state index contributed by atoms with van der Waals surface area (Å²) < 4.78 is 8.50. The number of anilines is 1. The molecule has 35 heavy (non-hydrogen) atoms. The minimum absolute atomic E-state index is 0.0646. The first-order chi connectivity index (χ1) is 17.1. The first-order valence-electron chi connectivity index (χ1n) is 13.3. The number of nitrogens with zero attached hydrogens (tertiary/aromatic N) is 3. The van der Waals surface area contributed by atoms with Crippen molar-refractivity contribution in [2.75, 3.05) is 18.1 Å². The van der Waals surface area contributed by atoms with Gasteiger partial charge in [-0.1, -0.05) is 31.2 Å². The number of rotatable bonds is 7. The van der Waals surface area contributed by atoms with Crippen LogP contribution >= 0.6 is 0 Å². The van der Waals surface area contributed by atoms with E-state index in [0.29, 0.717) is 30.5 Å². The molecule has 4 atom stereocenters. The second-order valence-corrected chi connectivity index (χ2v) is 10.7. The normalized spacial score (nSPS) is 25.0. The van der Waals surface area contributed by atoms with Crippen molar-refractivity contribution in [3.63, 3.8) is 0 Å². The number of carbonyl (C=O) groups is 1. The minimum atomic E-state index is 0.0646. The lowest BCUT2D eigenvalue weighted by Gasteiger charge is -2.50. The molecule has 6 rings (SSSR count). The van der Waals surface area contributed by atoms with Crippen LogP contribution in [0.5, 0.6) is 0 Å². The molecule has 6 heteroatoms. The molecule has 1 N–H and O–H groups in total. The lowest BCUT2D eigenvalue weighted by Crippen LogP contribution is -2.57. The van der Waals surface area contributed by atoms with Gasteiger partial charge in [0, 0.05) is 18.2 Å². The largest absolute Gasteiger partial charge is 0.377 e. The molecule has 2 aromatic carbocycles. The van der Waals surface area contributed by atoms with Crippen LogP contribution in [-0.2, 0) is 9.53 Å². The zero-order valence-corrected chi connectivity index (χ0v) is 20.8. The third kappa shape index (κ3) is 4.44. The van der Waals surface area contributed by atoms with Gasteiger partial charge in [0.15, 0.2) is 0 Å². The molecule has 1 unspecified atom stereocenters. The van der Waals surface area contributed by atoms with Gasteiger partial charge in [-0.05, 0) is 74.8 Å². The van der Waals surface area contributed by atoms with Gasteiger partial charge in [-0.25, -0.2) is 4.98 Å². The molecule has 0 radical (unpaired) electrons. The Labute approximate surface area is 207 Å². The van der Waals surface area contributed by atoms with Crippen molar-refractivity contribution in [1.29, 1.82) is 0 Å². The molecule has 3 aromatic rings. The van der Waals surface area contributed by atoms with Gasteiger partial charge in [-0.3, -0.25) is 4.79 Å². The number of fused-ring (bicyclic) bond motifs is 3. The Morgan fingerprint density at radius 1 is 1.09 bits per heavy atom. The van der Waals surface area contributed by atoms with E-state index < -0.39 is 0 Å². The van der Waals surface area contributed by atoms with Crippen molar-refractivity contribution in [3.05, 3.63) is 59.9 Å². The van der Waals surface area contributed by atoms with Crippen LogP contribution in [0.4, 0.5) is 5.69 Å². The Morgan fingerprint density at radius 3 is 2.60 bits per heavy atom. The van der Waals surface area contributed by atoms with Gasteiger partial charge in [0.1, 0.15) is 5.82 Å². The van der Waals surface area contributed by atoms with Crippen molar-refractivity contribution >= 4 is 22.6 Å². The highest BCUT2D eigenvalue weighted by Gasteiger charge is 2.40. The van der Waals surface area contributed by atoms with E-state index in [4.69, 9.17) is 9.72 Å². The summed E-state index contributed by atoms with van der Waals surface area (Å²) in [7, 11) is 0. The highest BCUT2D eigenvalue weighted by Crippen LogP contribution is 2.40. The molecule has 3 fully saturated rings. The Hall–Kier alpha value is -2.86. The molecule has 184 valence electrons. The van der Waals surface area contributed by atoms with Crippen LogP contribution in [0.2, 0.25) is 0 Å². The van der Waals surface area contributed by atoms with E-state index in [2.05, 4.69) is 77.2 Å². The molecule has 1 aliphatic carbocycles. The summed E-state index contributed by atoms with van der Waals surface area (Å²) in [6.07, 6.45) is 6.05. The maximum atomic E-state index is 12.5. The molecule has 2 saturated heterocycles. The minimum Gasteiger partial charge on any atom is -0.377 e. The van der Waals surface area contributed by atoms with E-state index in [-0.39, 0.29) is 11.9 Å². The Balaban J connectivity index is 1.24. The highest BCUT2D eigenvalue weighted by molar-refractivity contribution is 5.77. The number of ether oxygens (including phenoxy) is 1. The zero-order valence-electron chi connectivity index (χ0n) is 20.8. The summed E-state index contributed by atoms with van der Waals surface area (Å²) in [4.78, 5) is 19.9. The number of hydrogen-bond donors (Lipinski definition) is 1. The molecular formula is C29H36N4O2. The summed E-state index contributed by atoms with van der Waals surface area (Å²) in [5.74, 6) is 1.90. The van der Waals surface area contributed by atoms with Crippen LogP contribution < -0.4 is 10.2 Å². The van der Waals surface area contributed by atoms with E-state index in [1.165, 1.54) is 29.6 Å². The third-order valence-electron chi connectivity index (χ3n) is 8.12.